The maximum atomic E-state index is 11.5. The summed E-state index contributed by atoms with van der Waals surface area (Å²) in [4.78, 5) is 11.5. The number of hydrogen-bond donors (Lipinski definition) is 0. The molecule has 0 aliphatic heterocycles. The third kappa shape index (κ3) is 5.01. The zero-order valence-corrected chi connectivity index (χ0v) is 15.8. The van der Waals surface area contributed by atoms with E-state index < -0.39 is 0 Å². The monoisotopic (exact) mass is 404 g/mol. The van der Waals surface area contributed by atoms with Crippen LogP contribution in [0.5, 0.6) is 0 Å². The number of esters is 1. The van der Waals surface area contributed by atoms with Crippen LogP contribution in [0, 0.1) is 11.3 Å². The van der Waals surface area contributed by atoms with Crippen molar-refractivity contribution < 1.29 is 9.53 Å². The van der Waals surface area contributed by atoms with Crippen LogP contribution in [0.25, 0.3) is 0 Å². The SMILES string of the molecule is CC(=O)O[C@@H]1C[C@@H](C(C)(C)C)CC[C@H]1[Te]c1ccccc1. The van der Waals surface area contributed by atoms with E-state index in [1.165, 1.54) is 16.5 Å². The summed E-state index contributed by atoms with van der Waals surface area (Å²) in [5.74, 6) is 0.529. The van der Waals surface area contributed by atoms with Crippen molar-refractivity contribution in [3.8, 4) is 0 Å². The summed E-state index contributed by atoms with van der Waals surface area (Å²) in [5.41, 5.74) is 0.302. The summed E-state index contributed by atoms with van der Waals surface area (Å²) in [5, 5.41) is 0. The van der Waals surface area contributed by atoms with E-state index in [4.69, 9.17) is 4.74 Å². The first-order chi connectivity index (χ1) is 9.86. The predicted molar refractivity (Wildman–Crippen MR) is 87.9 cm³/mol. The summed E-state index contributed by atoms with van der Waals surface area (Å²) in [6.07, 6.45) is 3.63. The molecule has 21 heavy (non-hydrogen) atoms. The quantitative estimate of drug-likeness (QED) is 0.571. The van der Waals surface area contributed by atoms with E-state index in [-0.39, 0.29) is 33.0 Å². The van der Waals surface area contributed by atoms with E-state index >= 15 is 0 Å². The fourth-order valence-electron chi connectivity index (χ4n) is 3.03. The Bertz CT molecular complexity index is 464. The number of benzene rings is 1. The molecule has 0 radical (unpaired) electrons. The van der Waals surface area contributed by atoms with Crippen LogP contribution in [0.2, 0.25) is 3.97 Å². The van der Waals surface area contributed by atoms with E-state index in [0.29, 0.717) is 15.3 Å². The van der Waals surface area contributed by atoms with Gasteiger partial charge in [0.25, 0.3) is 0 Å². The molecule has 1 aromatic carbocycles. The number of carbonyl (C=O) groups excluding carboxylic acids is 1. The first kappa shape index (κ1) is 16.8. The van der Waals surface area contributed by atoms with Crippen molar-refractivity contribution in [2.24, 2.45) is 11.3 Å². The Kier molecular flexibility index (Phi) is 5.74. The van der Waals surface area contributed by atoms with Crippen LogP contribution in [0.4, 0.5) is 0 Å². The molecule has 1 aliphatic rings. The average Bonchev–Trinajstić information content (AvgIpc) is 2.40. The molecule has 0 saturated heterocycles. The second-order valence-electron chi connectivity index (χ2n) is 6.99. The molecule has 3 heteroatoms. The second-order valence-corrected chi connectivity index (χ2v) is 10.7. The van der Waals surface area contributed by atoms with E-state index in [2.05, 4.69) is 51.1 Å². The van der Waals surface area contributed by atoms with Crippen LogP contribution in [0.3, 0.4) is 0 Å². The number of rotatable bonds is 3. The molecule has 1 saturated carbocycles. The van der Waals surface area contributed by atoms with Crippen LogP contribution < -0.4 is 3.61 Å². The van der Waals surface area contributed by atoms with Crippen molar-refractivity contribution in [3.63, 3.8) is 0 Å². The Hall–Kier alpha value is -0.520. The molecule has 0 heterocycles. The Morgan fingerprint density at radius 2 is 1.86 bits per heavy atom. The van der Waals surface area contributed by atoms with Crippen molar-refractivity contribution >= 4 is 30.5 Å². The van der Waals surface area contributed by atoms with Gasteiger partial charge in [-0.2, -0.15) is 0 Å². The summed E-state index contributed by atoms with van der Waals surface area (Å²) in [7, 11) is 0. The zero-order chi connectivity index (χ0) is 15.5. The topological polar surface area (TPSA) is 26.3 Å². The van der Waals surface area contributed by atoms with Crippen molar-refractivity contribution in [1.29, 1.82) is 0 Å². The van der Waals surface area contributed by atoms with Crippen molar-refractivity contribution in [2.75, 3.05) is 0 Å². The molecular weight excluding hydrogens is 376 g/mol. The fourth-order valence-corrected chi connectivity index (χ4v) is 6.56. The Labute approximate surface area is 138 Å². The predicted octanol–water partition coefficient (Wildman–Crippen LogP) is 3.58. The van der Waals surface area contributed by atoms with Crippen LogP contribution >= 0.6 is 0 Å². The van der Waals surface area contributed by atoms with Crippen LogP contribution in [0.1, 0.15) is 47.0 Å². The van der Waals surface area contributed by atoms with Crippen LogP contribution in [-0.2, 0) is 9.53 Å². The fraction of sp³-hybridized carbons (Fsp3) is 0.611. The van der Waals surface area contributed by atoms with E-state index in [0.717, 1.165) is 6.42 Å². The molecule has 0 unspecified atom stereocenters. The van der Waals surface area contributed by atoms with Gasteiger partial charge in [-0.05, 0) is 0 Å². The van der Waals surface area contributed by atoms with Gasteiger partial charge in [-0.25, -0.2) is 0 Å². The molecule has 0 spiro atoms. The Morgan fingerprint density at radius 3 is 2.43 bits per heavy atom. The van der Waals surface area contributed by atoms with Crippen molar-refractivity contribution in [1.82, 2.24) is 0 Å². The molecule has 0 amide bonds. The third-order valence-electron chi connectivity index (χ3n) is 4.30. The van der Waals surface area contributed by atoms with Gasteiger partial charge in [0.2, 0.25) is 0 Å². The first-order valence-electron chi connectivity index (χ1n) is 7.75. The molecule has 0 aromatic heterocycles. The van der Waals surface area contributed by atoms with Crippen LogP contribution in [-0.4, -0.2) is 33.0 Å². The van der Waals surface area contributed by atoms with Gasteiger partial charge in [0.15, 0.2) is 0 Å². The summed E-state index contributed by atoms with van der Waals surface area (Å²) >= 11 is -0.302. The van der Waals surface area contributed by atoms with Gasteiger partial charge in [-0.3, -0.25) is 0 Å². The number of ether oxygens (including phenoxy) is 1. The van der Waals surface area contributed by atoms with Gasteiger partial charge in [-0.15, -0.1) is 0 Å². The van der Waals surface area contributed by atoms with E-state index in [1.54, 1.807) is 6.92 Å². The van der Waals surface area contributed by atoms with Crippen LogP contribution in [0.15, 0.2) is 30.3 Å². The van der Waals surface area contributed by atoms with Gasteiger partial charge < -0.3 is 0 Å². The standard InChI is InChI=1S/C18H26O2Te/c1-13(19)20-16-12-14(18(2,3)4)10-11-17(16)21-15-8-6-5-7-9-15/h5-9,14,16-17H,10-12H2,1-4H3/t14-,16+,17+/m0/s1. The van der Waals surface area contributed by atoms with Crippen molar-refractivity contribution in [3.05, 3.63) is 30.3 Å². The number of hydrogen-bond acceptors (Lipinski definition) is 2. The Morgan fingerprint density at radius 1 is 1.19 bits per heavy atom. The molecule has 2 nitrogen and oxygen atoms in total. The molecule has 0 N–H and O–H groups in total. The summed E-state index contributed by atoms with van der Waals surface area (Å²) in [6, 6.07) is 10.7. The maximum absolute atomic E-state index is 11.5. The zero-order valence-electron chi connectivity index (χ0n) is 13.5. The average molecular weight is 402 g/mol. The summed E-state index contributed by atoms with van der Waals surface area (Å²) < 4.78 is 7.75. The normalized spacial score (nSPS) is 26.4. The molecule has 1 aliphatic carbocycles. The minimum absolute atomic E-state index is 0.125. The molecule has 1 fully saturated rings. The van der Waals surface area contributed by atoms with E-state index in [1.807, 2.05) is 0 Å². The molecular formula is C18H26O2Te. The van der Waals surface area contributed by atoms with Gasteiger partial charge in [0, 0.05) is 0 Å². The van der Waals surface area contributed by atoms with Gasteiger partial charge in [0.1, 0.15) is 0 Å². The summed E-state index contributed by atoms with van der Waals surface area (Å²) in [6.45, 7) is 8.45. The molecule has 116 valence electrons. The van der Waals surface area contributed by atoms with Gasteiger partial charge in [0.05, 0.1) is 0 Å². The Balaban J connectivity index is 2.07. The first-order valence-corrected chi connectivity index (χ1v) is 10.3. The van der Waals surface area contributed by atoms with Gasteiger partial charge in [-0.1, -0.05) is 0 Å². The molecule has 3 atom stereocenters. The minimum atomic E-state index is -0.302. The molecule has 1 aromatic rings. The molecule has 0 bridgehead atoms. The van der Waals surface area contributed by atoms with Gasteiger partial charge >= 0.3 is 139 Å². The number of carbonyl (C=O) groups is 1. The molecule has 2 rings (SSSR count). The van der Waals surface area contributed by atoms with E-state index in [9.17, 15) is 4.79 Å². The van der Waals surface area contributed by atoms with Crippen molar-refractivity contribution in [2.45, 2.75) is 57.0 Å². The second kappa shape index (κ2) is 7.16. The third-order valence-corrected chi connectivity index (χ3v) is 8.26.